The van der Waals surface area contributed by atoms with Gasteiger partial charge in [-0.05, 0) is 49.8 Å². The number of aliphatic carboxylic acids is 2. The number of halogens is 1. The number of nitrogens with one attached hydrogen (secondary N) is 1. The minimum absolute atomic E-state index is 0.0449. The van der Waals surface area contributed by atoms with Crippen molar-refractivity contribution in [2.24, 2.45) is 0 Å². The normalized spacial score (nSPS) is 11.6. The first-order chi connectivity index (χ1) is 16.7. The number of carboxylic acid groups (broad SMARTS) is 2. The minimum atomic E-state index is -1.28. The Labute approximate surface area is 206 Å². The summed E-state index contributed by atoms with van der Waals surface area (Å²) in [5.74, 6) is -3.00. The van der Waals surface area contributed by atoms with E-state index >= 15 is 0 Å². The van der Waals surface area contributed by atoms with Crippen molar-refractivity contribution in [1.29, 1.82) is 0 Å². The second-order valence-corrected chi connectivity index (χ2v) is 8.30. The number of nitrogens with zero attached hydrogens (tertiary/aromatic N) is 4. The number of carboxylic acids is 2. The second kappa shape index (κ2) is 14.1. The van der Waals surface area contributed by atoms with Crippen LogP contribution >= 0.6 is 12.2 Å². The Balaban J connectivity index is 1.76. The highest BCUT2D eigenvalue weighted by Crippen LogP contribution is 2.12. The maximum atomic E-state index is 12.3. The van der Waals surface area contributed by atoms with Gasteiger partial charge in [-0.15, -0.1) is 5.10 Å². The number of aromatic nitrogens is 3. The van der Waals surface area contributed by atoms with Crippen LogP contribution in [0.2, 0.25) is 0 Å². The number of hydrogen-bond acceptors (Lipinski definition) is 7. The summed E-state index contributed by atoms with van der Waals surface area (Å²) in [7, 11) is 0. The molecular formula is C22H28FN5O6S. The lowest BCUT2D eigenvalue weighted by atomic mass is 10.1. The fourth-order valence-electron chi connectivity index (χ4n) is 3.16. The lowest BCUT2D eigenvalue weighted by molar-refractivity contribution is -0.162. The predicted octanol–water partition coefficient (Wildman–Crippen LogP) is 1.94. The molecule has 0 radical (unpaired) electrons. The summed E-state index contributed by atoms with van der Waals surface area (Å²) in [6, 6.07) is 6.26. The van der Waals surface area contributed by atoms with Crippen LogP contribution in [-0.2, 0) is 27.2 Å². The van der Waals surface area contributed by atoms with E-state index in [0.717, 1.165) is 11.3 Å². The quantitative estimate of drug-likeness (QED) is 0.159. The number of carbonyl (C=O) groups excluding carboxylic acids is 1. The largest absolute Gasteiger partial charge is 0.481 e. The lowest BCUT2D eigenvalue weighted by Crippen LogP contribution is -2.45. The van der Waals surface area contributed by atoms with Crippen LogP contribution in [0.25, 0.3) is 5.69 Å². The lowest BCUT2D eigenvalue weighted by Gasteiger charge is -2.19. The number of aryl methyl sites for hydroxylation is 2. The van der Waals surface area contributed by atoms with Crippen molar-refractivity contribution < 1.29 is 34.2 Å². The monoisotopic (exact) mass is 509 g/mol. The number of hydroxylamine groups is 2. The maximum Gasteiger partial charge on any atom is 0.326 e. The summed E-state index contributed by atoms with van der Waals surface area (Å²) >= 11 is 4.98. The van der Waals surface area contributed by atoms with Crippen molar-refractivity contribution in [1.82, 2.24) is 25.4 Å². The van der Waals surface area contributed by atoms with Crippen molar-refractivity contribution >= 4 is 35.1 Å². The summed E-state index contributed by atoms with van der Waals surface area (Å²) in [4.78, 5) is 33.9. The van der Waals surface area contributed by atoms with E-state index in [1.807, 2.05) is 24.3 Å². The Morgan fingerprint density at radius 1 is 1.11 bits per heavy atom. The van der Waals surface area contributed by atoms with Gasteiger partial charge in [0.05, 0.1) is 35.8 Å². The summed E-state index contributed by atoms with van der Waals surface area (Å²) in [6.45, 7) is -0.799. The minimum Gasteiger partial charge on any atom is -0.481 e. The summed E-state index contributed by atoms with van der Waals surface area (Å²) < 4.78 is 13.9. The van der Waals surface area contributed by atoms with Gasteiger partial charge in [-0.1, -0.05) is 29.6 Å². The van der Waals surface area contributed by atoms with Crippen molar-refractivity contribution in [3.8, 4) is 5.69 Å². The van der Waals surface area contributed by atoms with Gasteiger partial charge in [0.15, 0.2) is 0 Å². The number of hydrogen-bond donors (Lipinski definition) is 4. The van der Waals surface area contributed by atoms with Gasteiger partial charge >= 0.3 is 11.9 Å². The van der Waals surface area contributed by atoms with E-state index in [-0.39, 0.29) is 24.3 Å². The van der Waals surface area contributed by atoms with Gasteiger partial charge < -0.3 is 15.5 Å². The Morgan fingerprint density at radius 2 is 1.83 bits per heavy atom. The van der Waals surface area contributed by atoms with Gasteiger partial charge in [0, 0.05) is 12.8 Å². The predicted molar refractivity (Wildman–Crippen MR) is 126 cm³/mol. The highest BCUT2D eigenvalue weighted by molar-refractivity contribution is 7.80. The molecule has 1 amide bonds. The molecule has 4 N–H and O–H groups in total. The van der Waals surface area contributed by atoms with E-state index in [9.17, 15) is 24.0 Å². The van der Waals surface area contributed by atoms with E-state index in [2.05, 4.69) is 15.6 Å². The number of benzene rings is 1. The van der Waals surface area contributed by atoms with E-state index in [4.69, 9.17) is 22.4 Å². The molecule has 1 heterocycles. The molecule has 1 unspecified atom stereocenters. The zero-order valence-electron chi connectivity index (χ0n) is 19.0. The molecule has 13 heteroatoms. The fourth-order valence-corrected chi connectivity index (χ4v) is 3.43. The van der Waals surface area contributed by atoms with Crippen LogP contribution in [0, 0.1) is 0 Å². The molecule has 1 atom stereocenters. The Hall–Kier alpha value is -3.45. The molecular weight excluding hydrogens is 481 g/mol. The van der Waals surface area contributed by atoms with Crippen LogP contribution in [0.15, 0.2) is 30.5 Å². The van der Waals surface area contributed by atoms with Crippen molar-refractivity contribution in [3.05, 3.63) is 41.7 Å². The molecule has 2 rings (SSSR count). The van der Waals surface area contributed by atoms with Crippen molar-refractivity contribution in [2.45, 2.75) is 51.0 Å². The van der Waals surface area contributed by atoms with Crippen LogP contribution in [-0.4, -0.2) is 77.6 Å². The molecule has 0 aliphatic carbocycles. The average Bonchev–Trinajstić information content (AvgIpc) is 3.29. The standard InChI is InChI=1S/C22H28FN5O6S/c23-12-2-4-16-13-27(26-25-16)17-8-6-15(7-9-17)3-1-5-20(29)28(34)14-19(35)24-18(22(32)33)10-11-21(30)31/h6-9,13,18,34H,1-5,10-12,14H2,(H,24,35)(H,30,31)(H,32,33). The fraction of sp³-hybridized carbons (Fsp3) is 0.455. The summed E-state index contributed by atoms with van der Waals surface area (Å²) in [5, 5.41) is 38.7. The SMILES string of the molecule is O=C(O)CCC(NC(=S)CN(O)C(=O)CCCc1ccc(-n2cc(CCCF)nn2)cc1)C(=O)O. The smallest absolute Gasteiger partial charge is 0.326 e. The zero-order chi connectivity index (χ0) is 25.8. The highest BCUT2D eigenvalue weighted by atomic mass is 32.1. The third-order valence-electron chi connectivity index (χ3n) is 5.03. The molecule has 1 aromatic carbocycles. The second-order valence-electron chi connectivity index (χ2n) is 7.81. The molecule has 11 nitrogen and oxygen atoms in total. The number of alkyl halides is 1. The first-order valence-corrected chi connectivity index (χ1v) is 11.4. The molecule has 0 spiro atoms. The third kappa shape index (κ3) is 9.74. The summed E-state index contributed by atoms with van der Waals surface area (Å²) in [6.07, 6.45) is 3.21. The van der Waals surface area contributed by atoms with Gasteiger partial charge in [-0.3, -0.25) is 19.2 Å². The Kier molecular flexibility index (Phi) is 11.2. The van der Waals surface area contributed by atoms with Crippen LogP contribution < -0.4 is 5.32 Å². The van der Waals surface area contributed by atoms with Crippen LogP contribution in [0.1, 0.15) is 43.4 Å². The van der Waals surface area contributed by atoms with Gasteiger partial charge in [0.25, 0.3) is 0 Å². The van der Waals surface area contributed by atoms with E-state index in [0.29, 0.717) is 36.4 Å². The molecule has 0 fully saturated rings. The number of thiocarbonyl (C=S) groups is 1. The van der Waals surface area contributed by atoms with Gasteiger partial charge in [-0.2, -0.15) is 0 Å². The molecule has 0 saturated heterocycles. The molecule has 0 aliphatic heterocycles. The molecule has 0 aliphatic rings. The molecule has 1 aromatic heterocycles. The van der Waals surface area contributed by atoms with Crippen LogP contribution in [0.5, 0.6) is 0 Å². The number of carbonyl (C=O) groups is 3. The van der Waals surface area contributed by atoms with Crippen LogP contribution in [0.3, 0.4) is 0 Å². The molecule has 0 saturated carbocycles. The topological polar surface area (TPSA) is 158 Å². The summed E-state index contributed by atoms with van der Waals surface area (Å²) in [5.41, 5.74) is 2.49. The number of rotatable bonds is 15. The molecule has 190 valence electrons. The molecule has 0 bridgehead atoms. The Morgan fingerprint density at radius 3 is 2.46 bits per heavy atom. The molecule has 35 heavy (non-hydrogen) atoms. The van der Waals surface area contributed by atoms with Crippen LogP contribution in [0.4, 0.5) is 4.39 Å². The van der Waals surface area contributed by atoms with E-state index < -0.39 is 37.1 Å². The first-order valence-electron chi connectivity index (χ1n) is 11.0. The molecule has 2 aromatic rings. The average molecular weight is 510 g/mol. The highest BCUT2D eigenvalue weighted by Gasteiger charge is 2.21. The van der Waals surface area contributed by atoms with E-state index in [1.165, 1.54) is 0 Å². The zero-order valence-corrected chi connectivity index (χ0v) is 19.8. The van der Waals surface area contributed by atoms with Crippen molar-refractivity contribution in [3.63, 3.8) is 0 Å². The van der Waals surface area contributed by atoms with Gasteiger partial charge in [-0.25, -0.2) is 14.5 Å². The van der Waals surface area contributed by atoms with Gasteiger partial charge in [0.2, 0.25) is 5.91 Å². The first kappa shape index (κ1) is 27.8. The Bertz CT molecular complexity index is 1020. The maximum absolute atomic E-state index is 12.3. The van der Waals surface area contributed by atoms with Gasteiger partial charge in [0.1, 0.15) is 6.04 Å². The van der Waals surface area contributed by atoms with Crippen molar-refractivity contribution in [2.75, 3.05) is 13.2 Å². The van der Waals surface area contributed by atoms with E-state index in [1.54, 1.807) is 10.9 Å². The number of amides is 1. The third-order valence-corrected chi connectivity index (χ3v) is 5.27.